The van der Waals surface area contributed by atoms with Gasteiger partial charge < -0.3 is 5.32 Å². The number of aryl methyl sites for hydroxylation is 2. The molecule has 1 N–H and O–H groups in total. The number of carbonyl (C=O) groups excluding carboxylic acids is 2. The van der Waals surface area contributed by atoms with Crippen LogP contribution in [0.4, 0.5) is 5.69 Å². The van der Waals surface area contributed by atoms with Gasteiger partial charge in [-0.05, 0) is 69.5 Å². The molecule has 0 saturated heterocycles. The SMILES string of the molecule is CC(=O)c1ccc(NC(=O)Cn2nc(C3CC3)c3cnn(-c4ccc(C)cc4C)c3c2=O)cc1. The largest absolute Gasteiger partial charge is 0.324 e. The highest BCUT2D eigenvalue weighted by atomic mass is 16.2. The molecule has 2 heterocycles. The predicted octanol–water partition coefficient (Wildman–Crippen LogP) is 3.92. The van der Waals surface area contributed by atoms with E-state index in [0.29, 0.717) is 16.8 Å². The van der Waals surface area contributed by atoms with Crippen LogP contribution in [0.1, 0.15) is 52.9 Å². The molecule has 1 saturated carbocycles. The summed E-state index contributed by atoms with van der Waals surface area (Å²) in [6.07, 6.45) is 3.71. The van der Waals surface area contributed by atoms with Crippen molar-refractivity contribution >= 4 is 28.3 Å². The number of Topliss-reactive ketones (excluding diaryl/α,β-unsaturated/α-hetero) is 1. The van der Waals surface area contributed by atoms with Crippen molar-refractivity contribution in [2.45, 2.75) is 46.1 Å². The van der Waals surface area contributed by atoms with Crippen LogP contribution in [0.3, 0.4) is 0 Å². The van der Waals surface area contributed by atoms with E-state index < -0.39 is 0 Å². The standard InChI is InChI=1S/C26H25N5O3/c1-15-4-11-22(16(2)12-15)31-25-21(13-27-31)24(19-5-6-19)29-30(26(25)34)14-23(33)28-20-9-7-18(8-10-20)17(3)32/h4,7-13,19H,5-6,14H2,1-3H3,(H,28,33). The lowest BCUT2D eigenvalue weighted by Crippen LogP contribution is -2.31. The number of fused-ring (bicyclic) bond motifs is 1. The quantitative estimate of drug-likeness (QED) is 0.444. The summed E-state index contributed by atoms with van der Waals surface area (Å²) in [7, 11) is 0. The van der Waals surface area contributed by atoms with Crippen molar-refractivity contribution < 1.29 is 9.59 Å². The van der Waals surface area contributed by atoms with Crippen molar-refractivity contribution in [3.63, 3.8) is 0 Å². The normalized spacial score (nSPS) is 13.3. The van der Waals surface area contributed by atoms with Crippen molar-refractivity contribution in [3.05, 3.63) is 81.4 Å². The Balaban J connectivity index is 1.52. The topological polar surface area (TPSA) is 98.9 Å². The molecule has 1 aliphatic rings. The van der Waals surface area contributed by atoms with Gasteiger partial charge in [-0.2, -0.15) is 10.2 Å². The molecule has 0 atom stereocenters. The molecule has 4 aromatic rings. The highest BCUT2D eigenvalue weighted by Crippen LogP contribution is 2.41. The molecule has 172 valence electrons. The van der Waals surface area contributed by atoms with E-state index in [2.05, 4.69) is 21.6 Å². The fourth-order valence-corrected chi connectivity index (χ4v) is 4.21. The van der Waals surface area contributed by atoms with Gasteiger partial charge in [-0.25, -0.2) is 9.36 Å². The van der Waals surface area contributed by atoms with Crippen molar-refractivity contribution in [1.29, 1.82) is 0 Å². The Kier molecular flexibility index (Phi) is 5.36. The lowest BCUT2D eigenvalue weighted by molar-refractivity contribution is -0.117. The van der Waals surface area contributed by atoms with Gasteiger partial charge in [0.05, 0.1) is 17.6 Å². The van der Waals surface area contributed by atoms with E-state index in [1.165, 1.54) is 11.6 Å². The van der Waals surface area contributed by atoms with Gasteiger partial charge in [0.1, 0.15) is 12.1 Å². The van der Waals surface area contributed by atoms with Gasteiger partial charge in [-0.1, -0.05) is 17.7 Å². The molecular weight excluding hydrogens is 430 g/mol. The maximum Gasteiger partial charge on any atom is 0.293 e. The van der Waals surface area contributed by atoms with Crippen LogP contribution in [0.5, 0.6) is 0 Å². The Hall–Kier alpha value is -4.07. The molecule has 0 spiro atoms. The number of aromatic nitrogens is 4. The highest BCUT2D eigenvalue weighted by Gasteiger charge is 2.30. The third-order valence-electron chi connectivity index (χ3n) is 6.12. The number of anilines is 1. The van der Waals surface area contributed by atoms with Gasteiger partial charge in [0, 0.05) is 22.6 Å². The van der Waals surface area contributed by atoms with Crippen molar-refractivity contribution in [2.24, 2.45) is 0 Å². The van der Waals surface area contributed by atoms with Crippen LogP contribution < -0.4 is 10.9 Å². The molecule has 0 radical (unpaired) electrons. The van der Waals surface area contributed by atoms with Crippen molar-refractivity contribution in [1.82, 2.24) is 19.6 Å². The van der Waals surface area contributed by atoms with Crippen LogP contribution in [0.25, 0.3) is 16.6 Å². The number of hydrogen-bond acceptors (Lipinski definition) is 5. The van der Waals surface area contributed by atoms with Crippen LogP contribution in [0.15, 0.2) is 53.5 Å². The fourth-order valence-electron chi connectivity index (χ4n) is 4.21. The molecule has 8 nitrogen and oxygen atoms in total. The molecule has 1 fully saturated rings. The maximum atomic E-state index is 13.5. The molecule has 1 aliphatic carbocycles. The summed E-state index contributed by atoms with van der Waals surface area (Å²) in [5.41, 5.74) is 4.95. The molecule has 0 aliphatic heterocycles. The first-order valence-electron chi connectivity index (χ1n) is 11.3. The Morgan fingerprint density at radius 1 is 1.09 bits per heavy atom. The zero-order valence-electron chi connectivity index (χ0n) is 19.3. The summed E-state index contributed by atoms with van der Waals surface area (Å²) >= 11 is 0. The predicted molar refractivity (Wildman–Crippen MR) is 130 cm³/mol. The minimum Gasteiger partial charge on any atom is -0.324 e. The summed E-state index contributed by atoms with van der Waals surface area (Å²) in [4.78, 5) is 37.7. The third kappa shape index (κ3) is 4.03. The average molecular weight is 456 g/mol. The summed E-state index contributed by atoms with van der Waals surface area (Å²) in [5.74, 6) is -0.146. The van der Waals surface area contributed by atoms with Gasteiger partial charge in [0.2, 0.25) is 5.91 Å². The lowest BCUT2D eigenvalue weighted by Gasteiger charge is -2.12. The van der Waals surface area contributed by atoms with E-state index >= 15 is 0 Å². The van der Waals surface area contributed by atoms with Crippen LogP contribution in [-0.4, -0.2) is 31.3 Å². The maximum absolute atomic E-state index is 13.5. The molecule has 0 unspecified atom stereocenters. The summed E-state index contributed by atoms with van der Waals surface area (Å²) in [6.45, 7) is 5.28. The minimum absolute atomic E-state index is 0.0463. The van der Waals surface area contributed by atoms with E-state index in [1.807, 2.05) is 26.0 Å². The second-order valence-corrected chi connectivity index (χ2v) is 8.91. The van der Waals surface area contributed by atoms with E-state index in [1.54, 1.807) is 35.1 Å². The molecule has 34 heavy (non-hydrogen) atoms. The summed E-state index contributed by atoms with van der Waals surface area (Å²) < 4.78 is 2.89. The number of carbonyl (C=O) groups is 2. The minimum atomic E-state index is -0.371. The van der Waals surface area contributed by atoms with Crippen LogP contribution in [-0.2, 0) is 11.3 Å². The van der Waals surface area contributed by atoms with Gasteiger partial charge in [-0.3, -0.25) is 14.4 Å². The number of nitrogens with one attached hydrogen (secondary N) is 1. The molecule has 1 amide bonds. The average Bonchev–Trinajstić information content (AvgIpc) is 3.54. The smallest absolute Gasteiger partial charge is 0.293 e. The second-order valence-electron chi connectivity index (χ2n) is 8.91. The number of rotatable bonds is 6. The van der Waals surface area contributed by atoms with E-state index in [4.69, 9.17) is 0 Å². The molecule has 0 bridgehead atoms. The molecule has 8 heteroatoms. The number of hydrogen-bond donors (Lipinski definition) is 1. The van der Waals surface area contributed by atoms with Gasteiger partial charge in [-0.15, -0.1) is 0 Å². The van der Waals surface area contributed by atoms with Crippen LogP contribution in [0.2, 0.25) is 0 Å². The number of ketones is 1. The van der Waals surface area contributed by atoms with Gasteiger partial charge in [0.25, 0.3) is 5.56 Å². The van der Waals surface area contributed by atoms with Gasteiger partial charge in [0.15, 0.2) is 5.78 Å². The zero-order chi connectivity index (χ0) is 24.0. The highest BCUT2D eigenvalue weighted by molar-refractivity contribution is 5.95. The fraction of sp³-hybridized carbons (Fsp3) is 0.269. The molecule has 2 aromatic carbocycles. The molecule has 5 rings (SSSR count). The van der Waals surface area contributed by atoms with E-state index in [9.17, 15) is 14.4 Å². The second kappa shape index (κ2) is 8.37. The third-order valence-corrected chi connectivity index (χ3v) is 6.12. The Morgan fingerprint density at radius 2 is 1.82 bits per heavy atom. The summed E-state index contributed by atoms with van der Waals surface area (Å²) in [6, 6.07) is 12.6. The Labute approximate surface area is 196 Å². The Morgan fingerprint density at radius 3 is 2.47 bits per heavy atom. The van der Waals surface area contributed by atoms with Crippen LogP contribution >= 0.6 is 0 Å². The van der Waals surface area contributed by atoms with Crippen molar-refractivity contribution in [2.75, 3.05) is 5.32 Å². The Bertz CT molecular complexity index is 1490. The van der Waals surface area contributed by atoms with Gasteiger partial charge >= 0.3 is 0 Å². The first-order chi connectivity index (χ1) is 16.3. The van der Waals surface area contributed by atoms with E-state index in [0.717, 1.165) is 40.7 Å². The van der Waals surface area contributed by atoms with Crippen molar-refractivity contribution in [3.8, 4) is 5.69 Å². The molecule has 2 aromatic heterocycles. The molecular formula is C26H25N5O3. The van der Waals surface area contributed by atoms with Crippen LogP contribution in [0, 0.1) is 13.8 Å². The zero-order valence-corrected chi connectivity index (χ0v) is 19.3. The number of nitrogens with zero attached hydrogens (tertiary/aromatic N) is 4. The first-order valence-corrected chi connectivity index (χ1v) is 11.3. The first kappa shape index (κ1) is 21.8. The number of benzene rings is 2. The van der Waals surface area contributed by atoms with E-state index in [-0.39, 0.29) is 29.7 Å². The summed E-state index contributed by atoms with van der Waals surface area (Å²) in [5, 5.41) is 12.6. The monoisotopic (exact) mass is 455 g/mol. The lowest BCUT2D eigenvalue weighted by atomic mass is 10.1. The number of amides is 1.